The highest BCUT2D eigenvalue weighted by Crippen LogP contribution is 2.26. The van der Waals surface area contributed by atoms with Gasteiger partial charge in [-0.05, 0) is 44.7 Å². The van der Waals surface area contributed by atoms with Gasteiger partial charge in [0.1, 0.15) is 5.60 Å². The maximum absolute atomic E-state index is 12.1. The highest BCUT2D eigenvalue weighted by Gasteiger charge is 2.35. The molecule has 0 aromatic heterocycles. The van der Waals surface area contributed by atoms with Gasteiger partial charge in [-0.1, -0.05) is 32.0 Å². The molecular weight excluding hydrogens is 276 g/mol. The molecule has 1 saturated heterocycles. The molecule has 0 aliphatic carbocycles. The monoisotopic (exact) mass is 304 g/mol. The van der Waals surface area contributed by atoms with Crippen LogP contribution in [-0.4, -0.2) is 35.7 Å². The number of para-hydroxylation sites is 1. The van der Waals surface area contributed by atoms with Crippen LogP contribution in [-0.2, 0) is 4.74 Å². The largest absolute Gasteiger partial charge is 0.444 e. The molecule has 4 nitrogen and oxygen atoms in total. The van der Waals surface area contributed by atoms with Gasteiger partial charge in [0.25, 0.3) is 0 Å². The molecule has 0 saturated carbocycles. The lowest BCUT2D eigenvalue weighted by Crippen LogP contribution is -2.55. The minimum atomic E-state index is -0.436. The number of rotatable bonds is 4. The molecule has 1 aromatic rings. The Balaban J connectivity index is 1.91. The molecule has 0 unspecified atom stereocenters. The molecule has 2 rings (SSSR count). The molecule has 1 fully saturated rings. The fraction of sp³-hybridized carbons (Fsp3) is 0.611. The number of ether oxygens (including phenoxy) is 1. The number of hydrogen-bond acceptors (Lipinski definition) is 3. The summed E-state index contributed by atoms with van der Waals surface area (Å²) in [5, 5.41) is 3.49. The SMILES string of the molecule is CC(C)c1ccccc1NC[C@@H]1CCN1C(=O)OC(C)(C)C. The van der Waals surface area contributed by atoms with E-state index in [2.05, 4.69) is 37.4 Å². The summed E-state index contributed by atoms with van der Waals surface area (Å²) in [6.45, 7) is 11.6. The molecule has 1 aliphatic rings. The van der Waals surface area contributed by atoms with Crippen molar-refractivity contribution in [2.75, 3.05) is 18.4 Å². The summed E-state index contributed by atoms with van der Waals surface area (Å²) >= 11 is 0. The number of carbonyl (C=O) groups is 1. The zero-order valence-corrected chi connectivity index (χ0v) is 14.3. The Labute approximate surface area is 133 Å². The molecule has 0 spiro atoms. The van der Waals surface area contributed by atoms with Gasteiger partial charge in [0.2, 0.25) is 0 Å². The first-order valence-electron chi connectivity index (χ1n) is 8.10. The van der Waals surface area contributed by atoms with Gasteiger partial charge in [0.15, 0.2) is 0 Å². The van der Waals surface area contributed by atoms with Crippen molar-refractivity contribution >= 4 is 11.8 Å². The third-order valence-corrected chi connectivity index (χ3v) is 3.88. The lowest BCUT2D eigenvalue weighted by atomic mass is 10.00. The van der Waals surface area contributed by atoms with E-state index in [9.17, 15) is 4.79 Å². The first kappa shape index (κ1) is 16.7. The van der Waals surface area contributed by atoms with Crippen LogP contribution in [0.1, 0.15) is 52.5 Å². The van der Waals surface area contributed by atoms with Gasteiger partial charge >= 0.3 is 6.09 Å². The van der Waals surface area contributed by atoms with Crippen LogP contribution in [0, 0.1) is 0 Å². The summed E-state index contributed by atoms with van der Waals surface area (Å²) in [6.07, 6.45) is 0.818. The van der Waals surface area contributed by atoms with Gasteiger partial charge in [-0.2, -0.15) is 0 Å². The number of amides is 1. The maximum atomic E-state index is 12.1. The second-order valence-electron chi connectivity index (χ2n) is 7.24. The minimum absolute atomic E-state index is 0.206. The lowest BCUT2D eigenvalue weighted by Gasteiger charge is -2.41. The molecular formula is C18H28N2O2. The van der Waals surface area contributed by atoms with Crippen molar-refractivity contribution in [1.82, 2.24) is 4.90 Å². The number of carbonyl (C=O) groups excluding carboxylic acids is 1. The standard InChI is InChI=1S/C18H28N2O2/c1-13(2)15-8-6-7-9-16(15)19-12-14-10-11-20(14)17(21)22-18(3,4)5/h6-9,13-14,19H,10-12H2,1-5H3/t14-/m0/s1. The number of benzene rings is 1. The Morgan fingerprint density at radius 1 is 1.36 bits per heavy atom. The van der Waals surface area contributed by atoms with E-state index in [1.54, 1.807) is 0 Å². The Kier molecular flexibility index (Phi) is 4.99. The summed E-state index contributed by atoms with van der Waals surface area (Å²) in [5.41, 5.74) is 2.04. The predicted octanol–water partition coefficient (Wildman–Crippen LogP) is 4.23. The summed E-state index contributed by atoms with van der Waals surface area (Å²) < 4.78 is 5.45. The van der Waals surface area contributed by atoms with Crippen LogP contribution < -0.4 is 5.32 Å². The third kappa shape index (κ3) is 4.15. The van der Waals surface area contributed by atoms with Crippen molar-refractivity contribution in [1.29, 1.82) is 0 Å². The van der Waals surface area contributed by atoms with Crippen molar-refractivity contribution < 1.29 is 9.53 Å². The minimum Gasteiger partial charge on any atom is -0.444 e. The average Bonchev–Trinajstić information content (AvgIpc) is 2.35. The molecule has 122 valence electrons. The van der Waals surface area contributed by atoms with Crippen molar-refractivity contribution in [3.63, 3.8) is 0 Å². The number of nitrogens with one attached hydrogen (secondary N) is 1. The predicted molar refractivity (Wildman–Crippen MR) is 90.4 cm³/mol. The first-order valence-corrected chi connectivity index (χ1v) is 8.10. The number of likely N-dealkylation sites (tertiary alicyclic amines) is 1. The summed E-state index contributed by atoms with van der Waals surface area (Å²) in [6, 6.07) is 8.58. The summed E-state index contributed by atoms with van der Waals surface area (Å²) in [4.78, 5) is 13.9. The Morgan fingerprint density at radius 2 is 2.05 bits per heavy atom. The maximum Gasteiger partial charge on any atom is 0.410 e. The first-order chi connectivity index (χ1) is 10.3. The van der Waals surface area contributed by atoms with E-state index in [1.807, 2.05) is 31.7 Å². The van der Waals surface area contributed by atoms with Crippen molar-refractivity contribution in [3.8, 4) is 0 Å². The zero-order valence-electron chi connectivity index (χ0n) is 14.3. The Hall–Kier alpha value is -1.71. The normalized spacial score (nSPS) is 18.1. The fourth-order valence-corrected chi connectivity index (χ4v) is 2.60. The molecule has 1 atom stereocenters. The molecule has 1 N–H and O–H groups in total. The van der Waals surface area contributed by atoms with E-state index in [1.165, 1.54) is 5.56 Å². The van der Waals surface area contributed by atoms with E-state index in [-0.39, 0.29) is 12.1 Å². The molecule has 1 heterocycles. The molecule has 0 bridgehead atoms. The zero-order chi connectivity index (χ0) is 16.3. The van der Waals surface area contributed by atoms with Gasteiger partial charge < -0.3 is 15.0 Å². The molecule has 1 aromatic carbocycles. The average molecular weight is 304 g/mol. The van der Waals surface area contributed by atoms with Gasteiger partial charge in [0, 0.05) is 18.8 Å². The molecule has 4 heteroatoms. The highest BCUT2D eigenvalue weighted by molar-refractivity contribution is 5.69. The van der Waals surface area contributed by atoms with Crippen LogP contribution in [0.15, 0.2) is 24.3 Å². The van der Waals surface area contributed by atoms with Crippen molar-refractivity contribution in [2.24, 2.45) is 0 Å². The number of anilines is 1. The van der Waals surface area contributed by atoms with Crippen molar-refractivity contribution in [2.45, 2.75) is 58.6 Å². The van der Waals surface area contributed by atoms with Gasteiger partial charge in [-0.25, -0.2) is 4.79 Å². The van der Waals surface area contributed by atoms with E-state index < -0.39 is 5.60 Å². The topological polar surface area (TPSA) is 41.6 Å². The second kappa shape index (κ2) is 6.59. The summed E-state index contributed by atoms with van der Waals surface area (Å²) in [7, 11) is 0. The Morgan fingerprint density at radius 3 is 2.59 bits per heavy atom. The van der Waals surface area contributed by atoms with Crippen LogP contribution >= 0.6 is 0 Å². The third-order valence-electron chi connectivity index (χ3n) is 3.88. The lowest BCUT2D eigenvalue weighted by molar-refractivity contribution is -0.00274. The molecule has 0 radical (unpaired) electrons. The van der Waals surface area contributed by atoms with Gasteiger partial charge in [0.05, 0.1) is 6.04 Å². The number of nitrogens with zero attached hydrogens (tertiary/aromatic N) is 1. The van der Waals surface area contributed by atoms with Crippen LogP contribution in [0.25, 0.3) is 0 Å². The fourth-order valence-electron chi connectivity index (χ4n) is 2.60. The highest BCUT2D eigenvalue weighted by atomic mass is 16.6. The van der Waals surface area contributed by atoms with Crippen LogP contribution in [0.5, 0.6) is 0 Å². The molecule has 22 heavy (non-hydrogen) atoms. The second-order valence-corrected chi connectivity index (χ2v) is 7.24. The van der Waals surface area contributed by atoms with Gasteiger partial charge in [-0.15, -0.1) is 0 Å². The summed E-state index contributed by atoms with van der Waals surface area (Å²) in [5.74, 6) is 0.479. The quantitative estimate of drug-likeness (QED) is 0.905. The Bertz CT molecular complexity index is 520. The van der Waals surface area contributed by atoms with E-state index in [4.69, 9.17) is 4.74 Å². The number of hydrogen-bond donors (Lipinski definition) is 1. The molecule has 1 amide bonds. The van der Waals surface area contributed by atoms with Crippen molar-refractivity contribution in [3.05, 3.63) is 29.8 Å². The van der Waals surface area contributed by atoms with Crippen LogP contribution in [0.4, 0.5) is 10.5 Å². The van der Waals surface area contributed by atoms with E-state index in [0.29, 0.717) is 5.92 Å². The van der Waals surface area contributed by atoms with E-state index >= 15 is 0 Å². The van der Waals surface area contributed by atoms with Crippen LogP contribution in [0.3, 0.4) is 0 Å². The smallest absolute Gasteiger partial charge is 0.410 e. The van der Waals surface area contributed by atoms with E-state index in [0.717, 1.165) is 25.2 Å². The van der Waals surface area contributed by atoms with Gasteiger partial charge in [-0.3, -0.25) is 0 Å². The van der Waals surface area contributed by atoms with Crippen LogP contribution in [0.2, 0.25) is 0 Å². The molecule has 1 aliphatic heterocycles.